The molecular formula is C24H19Cl3N4OS. The van der Waals surface area contributed by atoms with E-state index in [9.17, 15) is 4.79 Å². The Bertz CT molecular complexity index is 1340. The second-order valence-electron chi connectivity index (χ2n) is 7.24. The number of imidazole rings is 1. The molecule has 0 atom stereocenters. The standard InChI is InChI=1S/C24H19Cl3N4OS/c1-15(19-11-10-18(26)12-20(19)27)29-30-23(32)14-33-24-28-21-4-2-3-5-22(21)31(24)13-16-6-8-17(25)9-7-16/h2-12H,13-14H2,1H3,(H,30,32)/b29-15+. The summed E-state index contributed by atoms with van der Waals surface area (Å²) in [4.78, 5) is 17.2. The fraction of sp³-hybridized carbons (Fsp3) is 0.125. The van der Waals surface area contributed by atoms with Gasteiger partial charge in [0.05, 0.1) is 34.1 Å². The minimum atomic E-state index is -0.241. The number of rotatable bonds is 7. The van der Waals surface area contributed by atoms with Gasteiger partial charge in [0.1, 0.15) is 0 Å². The van der Waals surface area contributed by atoms with Gasteiger partial charge in [0.2, 0.25) is 0 Å². The number of nitrogens with zero attached hydrogens (tertiary/aromatic N) is 3. The summed E-state index contributed by atoms with van der Waals surface area (Å²) in [6, 6.07) is 20.7. The average Bonchev–Trinajstić information content (AvgIpc) is 3.15. The first-order valence-corrected chi connectivity index (χ1v) is 12.1. The van der Waals surface area contributed by atoms with E-state index in [1.165, 1.54) is 11.8 Å². The number of para-hydroxylation sites is 2. The van der Waals surface area contributed by atoms with Crippen molar-refractivity contribution in [3.63, 3.8) is 0 Å². The van der Waals surface area contributed by atoms with Gasteiger partial charge in [0, 0.05) is 15.6 Å². The lowest BCUT2D eigenvalue weighted by atomic mass is 10.1. The van der Waals surface area contributed by atoms with E-state index >= 15 is 0 Å². The van der Waals surface area contributed by atoms with Crippen LogP contribution in [0.2, 0.25) is 15.1 Å². The van der Waals surface area contributed by atoms with Gasteiger partial charge >= 0.3 is 0 Å². The molecule has 9 heteroatoms. The van der Waals surface area contributed by atoms with Crippen LogP contribution in [0.3, 0.4) is 0 Å². The largest absolute Gasteiger partial charge is 0.314 e. The van der Waals surface area contributed by atoms with Crippen LogP contribution in [-0.2, 0) is 11.3 Å². The number of hydrogen-bond donors (Lipinski definition) is 1. The summed E-state index contributed by atoms with van der Waals surface area (Å²) in [7, 11) is 0. The number of carbonyl (C=O) groups excluding carboxylic acids is 1. The molecule has 0 fully saturated rings. The van der Waals surface area contributed by atoms with Gasteiger partial charge in [-0.1, -0.05) is 76.9 Å². The number of amides is 1. The molecule has 0 unspecified atom stereocenters. The van der Waals surface area contributed by atoms with Crippen molar-refractivity contribution in [3.8, 4) is 0 Å². The first-order valence-electron chi connectivity index (χ1n) is 10.0. The molecule has 0 aliphatic heterocycles. The molecule has 33 heavy (non-hydrogen) atoms. The van der Waals surface area contributed by atoms with E-state index in [0.717, 1.165) is 21.8 Å². The van der Waals surface area contributed by atoms with Crippen LogP contribution in [0.1, 0.15) is 18.1 Å². The smallest absolute Gasteiger partial charge is 0.250 e. The molecule has 0 spiro atoms. The van der Waals surface area contributed by atoms with Crippen molar-refractivity contribution in [2.75, 3.05) is 5.75 Å². The number of benzene rings is 3. The molecule has 1 amide bonds. The Morgan fingerprint density at radius 2 is 1.76 bits per heavy atom. The Labute approximate surface area is 210 Å². The van der Waals surface area contributed by atoms with E-state index in [-0.39, 0.29) is 11.7 Å². The highest BCUT2D eigenvalue weighted by atomic mass is 35.5. The van der Waals surface area contributed by atoms with Crippen LogP contribution in [0.5, 0.6) is 0 Å². The molecule has 0 aliphatic carbocycles. The van der Waals surface area contributed by atoms with E-state index in [4.69, 9.17) is 39.8 Å². The lowest BCUT2D eigenvalue weighted by molar-refractivity contribution is -0.118. The number of thioether (sulfide) groups is 1. The summed E-state index contributed by atoms with van der Waals surface area (Å²) in [5.74, 6) is -0.0794. The van der Waals surface area contributed by atoms with Crippen molar-refractivity contribution in [3.05, 3.63) is 92.9 Å². The Hall–Kier alpha value is -2.51. The maximum Gasteiger partial charge on any atom is 0.250 e. The summed E-state index contributed by atoms with van der Waals surface area (Å²) < 4.78 is 2.10. The molecule has 0 radical (unpaired) electrons. The number of nitrogens with one attached hydrogen (secondary N) is 1. The van der Waals surface area contributed by atoms with E-state index in [1.807, 2.05) is 48.5 Å². The zero-order valence-electron chi connectivity index (χ0n) is 17.6. The molecule has 1 aromatic heterocycles. The van der Waals surface area contributed by atoms with Gasteiger partial charge in [0.25, 0.3) is 5.91 Å². The Kier molecular flexibility index (Phi) is 7.60. The molecule has 168 valence electrons. The number of carbonyl (C=O) groups is 1. The Balaban J connectivity index is 1.47. The molecule has 0 aliphatic rings. The molecule has 5 nitrogen and oxygen atoms in total. The minimum absolute atomic E-state index is 0.162. The topological polar surface area (TPSA) is 59.3 Å². The number of fused-ring (bicyclic) bond motifs is 1. The zero-order valence-corrected chi connectivity index (χ0v) is 20.6. The summed E-state index contributed by atoms with van der Waals surface area (Å²) in [6.07, 6.45) is 0. The second-order valence-corrected chi connectivity index (χ2v) is 9.46. The third-order valence-corrected chi connectivity index (χ3v) is 6.65. The zero-order chi connectivity index (χ0) is 23.4. The highest BCUT2D eigenvalue weighted by Gasteiger charge is 2.14. The van der Waals surface area contributed by atoms with Gasteiger partial charge in [-0.25, -0.2) is 10.4 Å². The third-order valence-electron chi connectivity index (χ3n) is 4.88. The van der Waals surface area contributed by atoms with Gasteiger partial charge in [-0.05, 0) is 48.9 Å². The summed E-state index contributed by atoms with van der Waals surface area (Å²) in [5.41, 5.74) is 6.85. The maximum absolute atomic E-state index is 12.5. The van der Waals surface area contributed by atoms with Gasteiger partial charge < -0.3 is 4.57 Å². The van der Waals surface area contributed by atoms with Crippen molar-refractivity contribution in [2.24, 2.45) is 5.10 Å². The van der Waals surface area contributed by atoms with Crippen LogP contribution in [0, 0.1) is 0 Å². The van der Waals surface area contributed by atoms with Crippen LogP contribution in [0.15, 0.2) is 77.0 Å². The van der Waals surface area contributed by atoms with E-state index in [1.54, 1.807) is 25.1 Å². The number of aromatic nitrogens is 2. The predicted octanol–water partition coefficient (Wildman–Crippen LogP) is 6.68. The fourth-order valence-corrected chi connectivity index (χ4v) is 4.72. The normalized spacial score (nSPS) is 11.7. The first kappa shape index (κ1) is 23.6. The van der Waals surface area contributed by atoms with Gasteiger partial charge in [-0.3, -0.25) is 4.79 Å². The lowest BCUT2D eigenvalue weighted by Crippen LogP contribution is -2.21. The van der Waals surface area contributed by atoms with Crippen LogP contribution in [0.4, 0.5) is 0 Å². The van der Waals surface area contributed by atoms with Gasteiger partial charge in [0.15, 0.2) is 5.16 Å². The Morgan fingerprint density at radius 3 is 2.52 bits per heavy atom. The monoisotopic (exact) mass is 516 g/mol. The second kappa shape index (κ2) is 10.6. The van der Waals surface area contributed by atoms with Crippen molar-refractivity contribution in [1.82, 2.24) is 15.0 Å². The molecule has 1 heterocycles. The number of halogens is 3. The third kappa shape index (κ3) is 5.89. The van der Waals surface area contributed by atoms with Crippen molar-refractivity contribution >= 4 is 69.2 Å². The highest BCUT2D eigenvalue weighted by molar-refractivity contribution is 7.99. The minimum Gasteiger partial charge on any atom is -0.314 e. The molecule has 0 saturated heterocycles. The molecule has 0 saturated carbocycles. The van der Waals surface area contributed by atoms with Gasteiger partial charge in [-0.15, -0.1) is 0 Å². The predicted molar refractivity (Wildman–Crippen MR) is 138 cm³/mol. The van der Waals surface area contributed by atoms with E-state index in [0.29, 0.717) is 32.9 Å². The molecule has 4 aromatic rings. The first-order chi connectivity index (χ1) is 15.9. The molecule has 3 aromatic carbocycles. The number of hydrogen-bond acceptors (Lipinski definition) is 4. The molecule has 0 bridgehead atoms. The lowest BCUT2D eigenvalue weighted by Gasteiger charge is -2.09. The summed E-state index contributed by atoms with van der Waals surface area (Å²) in [6.45, 7) is 2.39. The number of hydrazone groups is 1. The van der Waals surface area contributed by atoms with Crippen LogP contribution >= 0.6 is 46.6 Å². The molecule has 4 rings (SSSR count). The van der Waals surface area contributed by atoms with Gasteiger partial charge in [-0.2, -0.15) is 5.10 Å². The SMILES string of the molecule is C/C(=N\NC(=O)CSc1nc2ccccc2n1Cc1ccc(Cl)cc1)c1ccc(Cl)cc1Cl. The van der Waals surface area contributed by atoms with Crippen molar-refractivity contribution in [2.45, 2.75) is 18.6 Å². The quantitative estimate of drug-likeness (QED) is 0.169. The summed E-state index contributed by atoms with van der Waals surface area (Å²) in [5, 5.41) is 6.63. The molecular weight excluding hydrogens is 499 g/mol. The molecule has 1 N–H and O–H groups in total. The van der Waals surface area contributed by atoms with E-state index < -0.39 is 0 Å². The van der Waals surface area contributed by atoms with E-state index in [2.05, 4.69) is 15.1 Å². The maximum atomic E-state index is 12.5. The van der Waals surface area contributed by atoms with Crippen LogP contribution in [0.25, 0.3) is 11.0 Å². The Morgan fingerprint density at radius 1 is 1.03 bits per heavy atom. The summed E-state index contributed by atoms with van der Waals surface area (Å²) >= 11 is 19.5. The van der Waals surface area contributed by atoms with Crippen LogP contribution in [-0.4, -0.2) is 26.9 Å². The highest BCUT2D eigenvalue weighted by Crippen LogP contribution is 2.26. The van der Waals surface area contributed by atoms with Crippen molar-refractivity contribution in [1.29, 1.82) is 0 Å². The average molecular weight is 518 g/mol. The fourth-order valence-electron chi connectivity index (χ4n) is 3.24. The van der Waals surface area contributed by atoms with Crippen LogP contribution < -0.4 is 5.43 Å². The van der Waals surface area contributed by atoms with Crippen molar-refractivity contribution < 1.29 is 4.79 Å².